The molecule has 5 N–H and O–H groups in total. The second-order valence-electron chi connectivity index (χ2n) is 12.1. The summed E-state index contributed by atoms with van der Waals surface area (Å²) >= 11 is 0. The SMILES string of the molecule is C=C1C(=O)[C@@]23CC[C@@H]4[C@](C)(C(=O)O[C@@H]5O[C@H](CO)[C@@H](O)[C@H](O)[C@H]5O)CCC[C@@]4(C)[C@]2(O)CC[C@@H]1C3. The number of rotatable bonds is 3. The number of aliphatic hydroxyl groups excluding tert-OH is 4. The van der Waals surface area contributed by atoms with Crippen LogP contribution in [0.15, 0.2) is 12.2 Å². The Morgan fingerprint density at radius 2 is 1.80 bits per heavy atom. The van der Waals surface area contributed by atoms with Crippen molar-refractivity contribution in [2.45, 2.75) is 102 Å². The van der Waals surface area contributed by atoms with Crippen LogP contribution in [0.2, 0.25) is 0 Å². The van der Waals surface area contributed by atoms with Crippen molar-refractivity contribution in [3.63, 3.8) is 0 Å². The smallest absolute Gasteiger partial charge is 0.314 e. The Morgan fingerprint density at radius 1 is 1.09 bits per heavy atom. The van der Waals surface area contributed by atoms with Gasteiger partial charge in [-0.1, -0.05) is 19.9 Å². The van der Waals surface area contributed by atoms with Crippen LogP contribution in [0.1, 0.15) is 65.2 Å². The number of ether oxygens (including phenoxy) is 2. The summed E-state index contributed by atoms with van der Waals surface area (Å²) in [7, 11) is 0. The molecule has 11 atom stereocenters. The molecule has 2 bridgehead atoms. The highest BCUT2D eigenvalue weighted by atomic mass is 16.7. The fourth-order valence-corrected chi connectivity index (χ4v) is 8.69. The Kier molecular flexibility index (Phi) is 5.83. The first-order valence-electron chi connectivity index (χ1n) is 12.8. The number of carbonyl (C=O) groups excluding carboxylic acids is 2. The molecule has 0 aromatic heterocycles. The van der Waals surface area contributed by atoms with Crippen LogP contribution in [0.4, 0.5) is 0 Å². The van der Waals surface area contributed by atoms with E-state index in [1.807, 2.05) is 13.8 Å². The van der Waals surface area contributed by atoms with Crippen LogP contribution in [0, 0.1) is 28.1 Å². The van der Waals surface area contributed by atoms with Gasteiger partial charge in [-0.2, -0.15) is 0 Å². The number of fused-ring (bicyclic) bond motifs is 3. The summed E-state index contributed by atoms with van der Waals surface area (Å²) in [6, 6.07) is 0. The van der Waals surface area contributed by atoms with E-state index in [1.165, 1.54) is 0 Å². The van der Waals surface area contributed by atoms with Gasteiger partial charge in [0.15, 0.2) is 5.78 Å². The first kappa shape index (κ1) is 25.3. The second kappa shape index (κ2) is 8.07. The third-order valence-electron chi connectivity index (χ3n) is 10.7. The summed E-state index contributed by atoms with van der Waals surface area (Å²) in [6.45, 7) is 7.24. The van der Waals surface area contributed by atoms with Gasteiger partial charge in [0.1, 0.15) is 24.4 Å². The van der Waals surface area contributed by atoms with Crippen molar-refractivity contribution < 1.29 is 44.6 Å². The van der Waals surface area contributed by atoms with Gasteiger partial charge in [-0.05, 0) is 69.3 Å². The molecule has 0 unspecified atom stereocenters. The van der Waals surface area contributed by atoms with E-state index < -0.39 is 65.1 Å². The highest BCUT2D eigenvalue weighted by Crippen LogP contribution is 2.73. The van der Waals surface area contributed by atoms with Gasteiger partial charge in [0, 0.05) is 5.41 Å². The van der Waals surface area contributed by atoms with E-state index in [4.69, 9.17) is 9.47 Å². The molecular formula is C26H38O9. The Labute approximate surface area is 205 Å². The van der Waals surface area contributed by atoms with Crippen molar-refractivity contribution in [2.24, 2.45) is 28.1 Å². The summed E-state index contributed by atoms with van der Waals surface area (Å²) in [6.07, 6.45) is -2.86. The van der Waals surface area contributed by atoms with Gasteiger partial charge in [0.2, 0.25) is 6.29 Å². The maximum Gasteiger partial charge on any atom is 0.314 e. The van der Waals surface area contributed by atoms with Crippen LogP contribution >= 0.6 is 0 Å². The number of aliphatic hydroxyl groups is 5. The summed E-state index contributed by atoms with van der Waals surface area (Å²) in [4.78, 5) is 27.1. The number of esters is 1. The predicted molar refractivity (Wildman–Crippen MR) is 122 cm³/mol. The van der Waals surface area contributed by atoms with Crippen molar-refractivity contribution in [1.29, 1.82) is 0 Å². The fraction of sp³-hybridized carbons (Fsp3) is 0.846. The first-order valence-corrected chi connectivity index (χ1v) is 12.8. The van der Waals surface area contributed by atoms with Gasteiger partial charge in [0.05, 0.1) is 23.0 Å². The lowest BCUT2D eigenvalue weighted by atomic mass is 9.38. The van der Waals surface area contributed by atoms with Crippen molar-refractivity contribution in [2.75, 3.05) is 6.61 Å². The van der Waals surface area contributed by atoms with E-state index >= 15 is 0 Å². The molecule has 5 aliphatic rings. The maximum atomic E-state index is 13.7. The van der Waals surface area contributed by atoms with E-state index in [9.17, 15) is 35.1 Å². The molecule has 9 heteroatoms. The van der Waals surface area contributed by atoms with Crippen LogP contribution in [-0.2, 0) is 19.1 Å². The van der Waals surface area contributed by atoms with E-state index in [2.05, 4.69) is 6.58 Å². The van der Waals surface area contributed by atoms with Crippen molar-refractivity contribution in [3.05, 3.63) is 12.2 Å². The lowest BCUT2D eigenvalue weighted by Crippen LogP contribution is -2.70. The lowest BCUT2D eigenvalue weighted by Gasteiger charge is -2.66. The fourth-order valence-electron chi connectivity index (χ4n) is 8.69. The van der Waals surface area contributed by atoms with Crippen LogP contribution < -0.4 is 0 Å². The van der Waals surface area contributed by atoms with Crippen LogP contribution in [-0.4, -0.2) is 80.2 Å². The maximum absolute atomic E-state index is 13.7. The molecule has 4 saturated carbocycles. The zero-order chi connectivity index (χ0) is 25.6. The lowest BCUT2D eigenvalue weighted by molar-refractivity contribution is -0.300. The van der Waals surface area contributed by atoms with Crippen molar-refractivity contribution in [3.8, 4) is 0 Å². The summed E-state index contributed by atoms with van der Waals surface area (Å²) in [5.74, 6) is -0.782. The van der Waals surface area contributed by atoms with E-state index in [0.717, 1.165) is 0 Å². The normalized spacial score (nSPS) is 53.6. The molecule has 196 valence electrons. The molecule has 0 aromatic rings. The molecule has 0 radical (unpaired) electrons. The first-order chi connectivity index (χ1) is 16.4. The molecule has 4 aliphatic carbocycles. The minimum atomic E-state index is -1.67. The predicted octanol–water partition coefficient (Wildman–Crippen LogP) is 0.592. The number of Topliss-reactive ketones (excluding diaryl/α,β-unsaturated/α-hetero) is 1. The second-order valence-corrected chi connectivity index (χ2v) is 12.1. The van der Waals surface area contributed by atoms with Crippen molar-refractivity contribution in [1.82, 2.24) is 0 Å². The van der Waals surface area contributed by atoms with Gasteiger partial charge in [-0.25, -0.2) is 0 Å². The Morgan fingerprint density at radius 3 is 2.49 bits per heavy atom. The summed E-state index contributed by atoms with van der Waals surface area (Å²) in [5.41, 5.74) is -3.18. The molecule has 1 aliphatic heterocycles. The van der Waals surface area contributed by atoms with Gasteiger partial charge in [0.25, 0.3) is 0 Å². The minimum absolute atomic E-state index is 0.0154. The number of ketones is 1. The molecule has 35 heavy (non-hydrogen) atoms. The van der Waals surface area contributed by atoms with Crippen LogP contribution in [0.25, 0.3) is 0 Å². The highest BCUT2D eigenvalue weighted by molar-refractivity contribution is 6.04. The van der Waals surface area contributed by atoms with Crippen molar-refractivity contribution >= 4 is 11.8 Å². The van der Waals surface area contributed by atoms with Gasteiger partial charge in [-0.3, -0.25) is 9.59 Å². The van der Waals surface area contributed by atoms with Crippen LogP contribution in [0.5, 0.6) is 0 Å². The molecule has 0 aromatic carbocycles. The topological polar surface area (TPSA) is 154 Å². The number of hydrogen-bond donors (Lipinski definition) is 5. The monoisotopic (exact) mass is 494 g/mol. The van der Waals surface area contributed by atoms with Crippen LogP contribution in [0.3, 0.4) is 0 Å². The molecule has 9 nitrogen and oxygen atoms in total. The molecule has 1 heterocycles. The third-order valence-corrected chi connectivity index (χ3v) is 10.7. The molecule has 5 fully saturated rings. The molecule has 0 amide bonds. The summed E-state index contributed by atoms with van der Waals surface area (Å²) in [5, 5.41) is 52.3. The number of allylic oxidation sites excluding steroid dienone is 1. The molecule has 1 spiro atoms. The minimum Gasteiger partial charge on any atom is -0.432 e. The highest BCUT2D eigenvalue weighted by Gasteiger charge is 2.75. The molecule has 5 rings (SSSR count). The number of carbonyl (C=O) groups is 2. The average molecular weight is 495 g/mol. The Bertz CT molecular complexity index is 934. The molecule has 1 saturated heterocycles. The van der Waals surface area contributed by atoms with Gasteiger partial charge in [-0.15, -0.1) is 0 Å². The number of hydrogen-bond acceptors (Lipinski definition) is 9. The van der Waals surface area contributed by atoms with Gasteiger partial charge >= 0.3 is 5.97 Å². The quantitative estimate of drug-likeness (QED) is 0.280. The molecular weight excluding hydrogens is 456 g/mol. The zero-order valence-corrected chi connectivity index (χ0v) is 20.5. The van der Waals surface area contributed by atoms with E-state index in [0.29, 0.717) is 56.9 Å². The van der Waals surface area contributed by atoms with Gasteiger partial charge < -0.3 is 35.0 Å². The zero-order valence-electron chi connectivity index (χ0n) is 20.5. The Hall–Kier alpha value is -1.36. The van der Waals surface area contributed by atoms with E-state index in [-0.39, 0.29) is 17.6 Å². The summed E-state index contributed by atoms with van der Waals surface area (Å²) < 4.78 is 11.0. The Balaban J connectivity index is 1.44. The van der Waals surface area contributed by atoms with E-state index in [1.54, 1.807) is 0 Å². The third kappa shape index (κ3) is 3.09. The standard InChI is InChI=1S/C26H38O9/c1-13-14-5-10-26(33)24(3)8-4-7-23(2,16(24)6-9-25(26,11-14)20(13)31)22(32)35-21-19(30)18(29)17(28)15(12-27)34-21/h14-19,21,27-30,33H,1,4-12H2,2-3H3/t14-,15-,16-,17-,18+,19-,21+,23-,24-,25+,26-/m1/s1. The average Bonchev–Trinajstić information content (AvgIpc) is 3.03. The largest absolute Gasteiger partial charge is 0.432 e.